The van der Waals surface area contributed by atoms with Crippen LogP contribution in [0.2, 0.25) is 5.02 Å². The van der Waals surface area contributed by atoms with Gasteiger partial charge in [-0.05, 0) is 95.3 Å². The van der Waals surface area contributed by atoms with Crippen LogP contribution in [0.4, 0.5) is 25.8 Å². The molecule has 3 N–H and O–H groups in total. The molecule has 0 spiro atoms. The Labute approximate surface area is 298 Å². The number of hydrogen-bond donors (Lipinski definition) is 3. The van der Waals surface area contributed by atoms with Crippen molar-refractivity contribution in [3.63, 3.8) is 0 Å². The molecule has 0 saturated carbocycles. The van der Waals surface area contributed by atoms with E-state index in [1.807, 2.05) is 37.4 Å². The summed E-state index contributed by atoms with van der Waals surface area (Å²) in [4.78, 5) is 28.3. The van der Waals surface area contributed by atoms with Crippen LogP contribution in [0.3, 0.4) is 0 Å². The Hall–Kier alpha value is -5.16. The summed E-state index contributed by atoms with van der Waals surface area (Å²) >= 11 is 6.03. The van der Waals surface area contributed by atoms with Crippen molar-refractivity contribution in [3.05, 3.63) is 144 Å². The maximum absolute atomic E-state index is 13.1. The average molecular weight is 702 g/mol. The first-order chi connectivity index (χ1) is 24.1. The molecule has 0 bridgehead atoms. The summed E-state index contributed by atoms with van der Waals surface area (Å²) < 4.78 is 26.0. The van der Waals surface area contributed by atoms with Crippen molar-refractivity contribution in [2.24, 2.45) is 0 Å². The van der Waals surface area contributed by atoms with E-state index in [2.05, 4.69) is 78.4 Å². The lowest BCUT2D eigenvalue weighted by Gasteiger charge is -2.28. The fourth-order valence-electron chi connectivity index (χ4n) is 5.15. The lowest BCUT2D eigenvalue weighted by molar-refractivity contribution is 0.624. The molecule has 0 amide bonds. The third-order valence-corrected chi connectivity index (χ3v) is 7.98. The van der Waals surface area contributed by atoms with Gasteiger partial charge in [-0.3, -0.25) is 0 Å². The second kappa shape index (κ2) is 19.1. The van der Waals surface area contributed by atoms with Gasteiger partial charge in [-0.15, -0.1) is 0 Å². The standard InChI is InChI=1S/C13H16ClN3.C13H16FN3.C12H14FN3/c1-10(2)17(9-13-15-6-7-16-13)12-5-3-4-11(14)8-12;1-10(2)17(9-13-15-7-8-16-13)12-5-3-11(14)4-6-12;1-2-16(9-12-14-6-7-15-12)11-5-3-4-10(13)8-11/h2*3-8,10H,9H2,1-2H3,(H,15,16);3-8H,2,9H2,1H3,(H,14,15). The first kappa shape index (κ1) is 37.7. The normalized spacial score (nSPS) is 10.7. The van der Waals surface area contributed by atoms with Gasteiger partial charge in [-0.25, -0.2) is 23.7 Å². The lowest BCUT2D eigenvalue weighted by Crippen LogP contribution is -2.30. The van der Waals surface area contributed by atoms with Crippen molar-refractivity contribution >= 4 is 28.7 Å². The Balaban J connectivity index is 0.000000169. The zero-order valence-electron chi connectivity index (χ0n) is 29.2. The van der Waals surface area contributed by atoms with Gasteiger partial charge in [0.15, 0.2) is 0 Å². The molecule has 3 heterocycles. The molecule has 0 radical (unpaired) electrons. The highest BCUT2D eigenvalue weighted by atomic mass is 35.5. The molecule has 264 valence electrons. The van der Waals surface area contributed by atoms with E-state index in [4.69, 9.17) is 11.6 Å². The van der Waals surface area contributed by atoms with Crippen LogP contribution in [0.5, 0.6) is 0 Å². The molecule has 0 aliphatic carbocycles. The van der Waals surface area contributed by atoms with E-state index in [0.29, 0.717) is 25.2 Å². The lowest BCUT2D eigenvalue weighted by atomic mass is 10.2. The summed E-state index contributed by atoms with van der Waals surface area (Å²) in [5.74, 6) is 2.32. The summed E-state index contributed by atoms with van der Waals surface area (Å²) in [5, 5.41) is 0.757. The number of nitrogens with one attached hydrogen (secondary N) is 3. The monoisotopic (exact) mass is 701 g/mol. The molecule has 0 aliphatic rings. The maximum Gasteiger partial charge on any atom is 0.125 e. The van der Waals surface area contributed by atoms with E-state index in [-0.39, 0.29) is 11.6 Å². The van der Waals surface area contributed by atoms with Gasteiger partial charge in [0.05, 0.1) is 19.6 Å². The van der Waals surface area contributed by atoms with Crippen LogP contribution in [-0.2, 0) is 19.6 Å². The topological polar surface area (TPSA) is 95.8 Å². The van der Waals surface area contributed by atoms with Crippen molar-refractivity contribution in [1.29, 1.82) is 0 Å². The van der Waals surface area contributed by atoms with E-state index in [1.54, 1.807) is 49.2 Å². The molecular formula is C38H46ClF2N9. The molecule has 0 unspecified atom stereocenters. The number of imidazole rings is 3. The minimum atomic E-state index is -0.213. The molecule has 3 aromatic carbocycles. The molecule has 12 heteroatoms. The van der Waals surface area contributed by atoms with Gasteiger partial charge in [0, 0.05) is 77.9 Å². The summed E-state index contributed by atoms with van der Waals surface area (Å²) in [7, 11) is 0. The van der Waals surface area contributed by atoms with Gasteiger partial charge in [0.1, 0.15) is 29.1 Å². The number of aromatic amines is 3. The quantitative estimate of drug-likeness (QED) is 0.118. The molecule has 6 rings (SSSR count). The van der Waals surface area contributed by atoms with Gasteiger partial charge in [0.2, 0.25) is 0 Å². The highest BCUT2D eigenvalue weighted by molar-refractivity contribution is 6.30. The number of nitrogens with zero attached hydrogens (tertiary/aromatic N) is 6. The van der Waals surface area contributed by atoms with Crippen LogP contribution in [0.25, 0.3) is 0 Å². The largest absolute Gasteiger partial charge is 0.364 e. The number of rotatable bonds is 12. The van der Waals surface area contributed by atoms with Gasteiger partial charge < -0.3 is 29.7 Å². The van der Waals surface area contributed by atoms with Gasteiger partial charge in [-0.2, -0.15) is 0 Å². The molecule has 3 aromatic heterocycles. The molecule has 6 aromatic rings. The Morgan fingerprint density at radius 1 is 0.600 bits per heavy atom. The van der Waals surface area contributed by atoms with Crippen LogP contribution in [-0.4, -0.2) is 48.5 Å². The number of anilines is 3. The second-order valence-corrected chi connectivity index (χ2v) is 12.4. The third kappa shape index (κ3) is 11.8. The summed E-state index contributed by atoms with van der Waals surface area (Å²) in [6, 6.07) is 21.7. The van der Waals surface area contributed by atoms with Crippen LogP contribution in [0.15, 0.2) is 110 Å². The Bertz CT molecular complexity index is 1780. The van der Waals surface area contributed by atoms with Crippen molar-refractivity contribution in [3.8, 4) is 0 Å². The Morgan fingerprint density at radius 3 is 1.56 bits per heavy atom. The summed E-state index contributed by atoms with van der Waals surface area (Å²) in [5.41, 5.74) is 2.99. The Kier molecular flexibility index (Phi) is 14.4. The van der Waals surface area contributed by atoms with Gasteiger partial charge >= 0.3 is 0 Å². The van der Waals surface area contributed by atoms with Crippen LogP contribution in [0, 0.1) is 11.6 Å². The zero-order valence-corrected chi connectivity index (χ0v) is 29.9. The first-order valence-corrected chi connectivity index (χ1v) is 17.0. The predicted molar refractivity (Wildman–Crippen MR) is 199 cm³/mol. The Morgan fingerprint density at radius 2 is 1.10 bits per heavy atom. The smallest absolute Gasteiger partial charge is 0.125 e. The number of aromatic nitrogens is 6. The molecule has 0 fully saturated rings. The van der Waals surface area contributed by atoms with E-state index in [9.17, 15) is 8.78 Å². The van der Waals surface area contributed by atoms with Crippen LogP contribution in [0.1, 0.15) is 52.1 Å². The second-order valence-electron chi connectivity index (χ2n) is 12.0. The van der Waals surface area contributed by atoms with Crippen LogP contribution < -0.4 is 14.7 Å². The number of hydrogen-bond acceptors (Lipinski definition) is 6. The summed E-state index contributed by atoms with van der Waals surface area (Å²) in [6.07, 6.45) is 10.7. The highest BCUT2D eigenvalue weighted by Crippen LogP contribution is 2.23. The molecular weight excluding hydrogens is 656 g/mol. The minimum absolute atomic E-state index is 0.213. The zero-order chi connectivity index (χ0) is 35.9. The van der Waals surface area contributed by atoms with Crippen molar-refractivity contribution in [2.45, 2.75) is 66.3 Å². The number of H-pyrrole nitrogens is 3. The van der Waals surface area contributed by atoms with E-state index >= 15 is 0 Å². The van der Waals surface area contributed by atoms with Gasteiger partial charge in [0.25, 0.3) is 0 Å². The fourth-order valence-corrected chi connectivity index (χ4v) is 5.33. The molecule has 0 saturated heterocycles. The maximum atomic E-state index is 13.1. The summed E-state index contributed by atoms with van der Waals surface area (Å²) in [6.45, 7) is 13.5. The van der Waals surface area contributed by atoms with E-state index in [1.165, 1.54) is 24.3 Å². The van der Waals surface area contributed by atoms with Crippen molar-refractivity contribution in [2.75, 3.05) is 21.2 Å². The number of benzene rings is 3. The van der Waals surface area contributed by atoms with E-state index < -0.39 is 0 Å². The molecule has 50 heavy (non-hydrogen) atoms. The number of halogens is 3. The minimum Gasteiger partial charge on any atom is -0.364 e. The third-order valence-electron chi connectivity index (χ3n) is 7.75. The molecule has 0 atom stereocenters. The first-order valence-electron chi connectivity index (χ1n) is 16.6. The molecule has 0 aliphatic heterocycles. The van der Waals surface area contributed by atoms with Gasteiger partial charge in [-0.1, -0.05) is 23.7 Å². The molecule has 9 nitrogen and oxygen atoms in total. The average Bonchev–Trinajstić information content (AvgIpc) is 3.91. The van der Waals surface area contributed by atoms with Crippen LogP contribution >= 0.6 is 11.6 Å². The van der Waals surface area contributed by atoms with E-state index in [0.717, 1.165) is 52.6 Å². The fraction of sp³-hybridized carbons (Fsp3) is 0.289. The predicted octanol–water partition coefficient (Wildman–Crippen LogP) is 9.02. The SMILES string of the molecule is CC(C)N(Cc1ncc[nH]1)c1ccc(F)cc1.CC(C)N(Cc1ncc[nH]1)c1cccc(Cl)c1.CCN(Cc1ncc[nH]1)c1cccc(F)c1. The van der Waals surface area contributed by atoms with Crippen molar-refractivity contribution in [1.82, 2.24) is 29.9 Å². The van der Waals surface area contributed by atoms with Crippen molar-refractivity contribution < 1.29 is 8.78 Å². The highest BCUT2D eigenvalue weighted by Gasteiger charge is 2.14.